The van der Waals surface area contributed by atoms with Crippen LogP contribution in [0.1, 0.15) is 16.8 Å². The molecule has 1 atom stereocenters. The Labute approximate surface area is 109 Å². The first-order valence-electron chi connectivity index (χ1n) is 5.54. The number of phenolic OH excluding ortho intramolecular Hbond substituents is 1. The highest BCUT2D eigenvalue weighted by atomic mass is 79.9. The lowest BCUT2D eigenvalue weighted by molar-refractivity contribution is 0.0938. The van der Waals surface area contributed by atoms with Crippen LogP contribution in [0.2, 0.25) is 0 Å². The third kappa shape index (κ3) is 2.98. The molecule has 5 heteroatoms. The fourth-order valence-corrected chi connectivity index (χ4v) is 2.22. The number of rotatable bonds is 2. The normalized spacial score (nSPS) is 20.5. The molecule has 1 unspecified atom stereocenters. The molecule has 1 aromatic carbocycles. The van der Waals surface area contributed by atoms with Crippen molar-refractivity contribution in [3.05, 3.63) is 28.2 Å². The highest BCUT2D eigenvalue weighted by molar-refractivity contribution is 9.10. The minimum atomic E-state index is -0.131. The molecule has 0 bridgehead atoms. The highest BCUT2D eigenvalue weighted by Crippen LogP contribution is 2.24. The van der Waals surface area contributed by atoms with Gasteiger partial charge >= 0.3 is 0 Å². The summed E-state index contributed by atoms with van der Waals surface area (Å²) in [6.45, 7) is 1.89. The van der Waals surface area contributed by atoms with Crippen LogP contribution in [-0.4, -0.2) is 42.1 Å². The molecule has 0 aromatic heterocycles. The van der Waals surface area contributed by atoms with Crippen molar-refractivity contribution in [2.24, 2.45) is 0 Å². The summed E-state index contributed by atoms with van der Waals surface area (Å²) in [7, 11) is 2.04. The zero-order chi connectivity index (χ0) is 12.4. The van der Waals surface area contributed by atoms with Crippen molar-refractivity contribution in [3.8, 4) is 5.75 Å². The van der Waals surface area contributed by atoms with Crippen molar-refractivity contribution in [1.82, 2.24) is 10.2 Å². The summed E-state index contributed by atoms with van der Waals surface area (Å²) in [5.41, 5.74) is 0.486. The molecular formula is C12H15BrN2O2. The van der Waals surface area contributed by atoms with Crippen LogP contribution >= 0.6 is 15.9 Å². The van der Waals surface area contributed by atoms with Crippen molar-refractivity contribution in [2.75, 3.05) is 20.1 Å². The quantitative estimate of drug-likeness (QED) is 0.872. The summed E-state index contributed by atoms with van der Waals surface area (Å²) in [4.78, 5) is 14.1. The first kappa shape index (κ1) is 12.4. The molecule has 0 aliphatic carbocycles. The summed E-state index contributed by atoms with van der Waals surface area (Å²) in [5.74, 6) is -0.0470. The Hall–Kier alpha value is -1.07. The number of hydrogen-bond donors (Lipinski definition) is 2. The van der Waals surface area contributed by atoms with Crippen molar-refractivity contribution < 1.29 is 9.90 Å². The molecule has 17 heavy (non-hydrogen) atoms. The van der Waals surface area contributed by atoms with Crippen LogP contribution in [0.5, 0.6) is 5.75 Å². The number of carbonyl (C=O) groups is 1. The number of likely N-dealkylation sites (tertiary alicyclic amines) is 1. The average Bonchev–Trinajstić information content (AvgIpc) is 2.68. The van der Waals surface area contributed by atoms with Crippen molar-refractivity contribution >= 4 is 21.8 Å². The largest absolute Gasteiger partial charge is 0.507 e. The molecule has 2 rings (SSSR count). The number of nitrogens with zero attached hydrogens (tertiary/aromatic N) is 1. The monoisotopic (exact) mass is 298 g/mol. The van der Waals surface area contributed by atoms with Gasteiger partial charge in [-0.15, -0.1) is 0 Å². The van der Waals surface area contributed by atoms with Crippen LogP contribution in [0.15, 0.2) is 22.7 Å². The van der Waals surface area contributed by atoms with Crippen LogP contribution in [0.3, 0.4) is 0 Å². The molecule has 1 fully saturated rings. The number of nitrogens with one attached hydrogen (secondary N) is 1. The summed E-state index contributed by atoms with van der Waals surface area (Å²) >= 11 is 3.19. The number of aromatic hydroxyl groups is 1. The number of halogens is 1. The Kier molecular flexibility index (Phi) is 3.69. The highest BCUT2D eigenvalue weighted by Gasteiger charge is 2.21. The number of hydrogen-bond acceptors (Lipinski definition) is 3. The van der Waals surface area contributed by atoms with Gasteiger partial charge in [0.05, 0.1) is 4.47 Å². The van der Waals surface area contributed by atoms with Gasteiger partial charge in [-0.05, 0) is 54.1 Å². The van der Waals surface area contributed by atoms with E-state index < -0.39 is 0 Å². The van der Waals surface area contributed by atoms with Crippen LogP contribution in [0, 0.1) is 0 Å². The molecule has 1 aliphatic rings. The maximum atomic E-state index is 11.9. The summed E-state index contributed by atoms with van der Waals surface area (Å²) < 4.78 is 0.592. The molecule has 1 aromatic rings. The topological polar surface area (TPSA) is 52.6 Å². The van der Waals surface area contributed by atoms with Gasteiger partial charge in [0.15, 0.2) is 0 Å². The zero-order valence-electron chi connectivity index (χ0n) is 9.61. The second kappa shape index (κ2) is 5.06. The molecule has 2 N–H and O–H groups in total. The number of likely N-dealkylation sites (N-methyl/N-ethyl adjacent to an activating group) is 1. The molecule has 1 heterocycles. The predicted octanol–water partition coefficient (Wildman–Crippen LogP) is 1.59. The average molecular weight is 299 g/mol. The molecule has 0 saturated carbocycles. The number of phenols is 1. The molecule has 1 saturated heterocycles. The second-order valence-electron chi connectivity index (χ2n) is 4.39. The van der Waals surface area contributed by atoms with E-state index in [-0.39, 0.29) is 17.7 Å². The van der Waals surface area contributed by atoms with Gasteiger partial charge in [0.25, 0.3) is 5.91 Å². The number of carbonyl (C=O) groups excluding carboxylic acids is 1. The van der Waals surface area contributed by atoms with E-state index in [0.29, 0.717) is 10.0 Å². The van der Waals surface area contributed by atoms with Gasteiger partial charge < -0.3 is 15.3 Å². The lowest BCUT2D eigenvalue weighted by Gasteiger charge is -2.13. The lowest BCUT2D eigenvalue weighted by atomic mass is 10.2. The second-order valence-corrected chi connectivity index (χ2v) is 5.24. The van der Waals surface area contributed by atoms with Gasteiger partial charge in [0.1, 0.15) is 5.75 Å². The fourth-order valence-electron chi connectivity index (χ4n) is 1.98. The maximum Gasteiger partial charge on any atom is 0.251 e. The molecular weight excluding hydrogens is 284 g/mol. The van der Waals surface area contributed by atoms with Gasteiger partial charge in [-0.3, -0.25) is 4.79 Å². The molecule has 0 radical (unpaired) electrons. The van der Waals surface area contributed by atoms with Gasteiger partial charge in [0, 0.05) is 18.2 Å². The van der Waals surface area contributed by atoms with Crippen molar-refractivity contribution in [2.45, 2.75) is 12.5 Å². The van der Waals surface area contributed by atoms with Crippen molar-refractivity contribution in [1.29, 1.82) is 0 Å². The van der Waals surface area contributed by atoms with Crippen LogP contribution < -0.4 is 5.32 Å². The maximum absolute atomic E-state index is 11.9. The lowest BCUT2D eigenvalue weighted by Crippen LogP contribution is -2.36. The van der Waals surface area contributed by atoms with Crippen LogP contribution in [0.4, 0.5) is 0 Å². The van der Waals surface area contributed by atoms with Crippen LogP contribution in [-0.2, 0) is 0 Å². The van der Waals surface area contributed by atoms with E-state index in [1.54, 1.807) is 12.1 Å². The third-order valence-electron chi connectivity index (χ3n) is 2.93. The Balaban J connectivity index is 2.02. The van der Waals surface area contributed by atoms with Gasteiger partial charge in [-0.25, -0.2) is 0 Å². The Bertz CT molecular complexity index is 437. The van der Waals surface area contributed by atoms with Gasteiger partial charge in [-0.1, -0.05) is 0 Å². The molecule has 0 spiro atoms. The first-order valence-corrected chi connectivity index (χ1v) is 6.33. The SMILES string of the molecule is CN1CCC(NC(=O)c2ccc(Br)c(O)c2)C1. The summed E-state index contributed by atoms with van der Waals surface area (Å²) in [6.07, 6.45) is 0.977. The zero-order valence-corrected chi connectivity index (χ0v) is 11.2. The van der Waals surface area contributed by atoms with Gasteiger partial charge in [0.2, 0.25) is 0 Å². The first-order chi connectivity index (χ1) is 8.06. The van der Waals surface area contributed by atoms with E-state index in [2.05, 4.69) is 26.1 Å². The fraction of sp³-hybridized carbons (Fsp3) is 0.417. The Morgan fingerprint density at radius 1 is 1.59 bits per heavy atom. The molecule has 92 valence electrons. The Morgan fingerprint density at radius 2 is 2.35 bits per heavy atom. The Morgan fingerprint density at radius 3 is 2.94 bits per heavy atom. The minimum Gasteiger partial charge on any atom is -0.507 e. The molecule has 1 amide bonds. The van der Waals surface area contributed by atoms with Crippen molar-refractivity contribution in [3.63, 3.8) is 0 Å². The smallest absolute Gasteiger partial charge is 0.251 e. The van der Waals surface area contributed by atoms with E-state index in [4.69, 9.17) is 0 Å². The van der Waals surface area contributed by atoms with E-state index >= 15 is 0 Å². The van der Waals surface area contributed by atoms with Gasteiger partial charge in [-0.2, -0.15) is 0 Å². The van der Waals surface area contributed by atoms with E-state index in [1.165, 1.54) is 6.07 Å². The van der Waals surface area contributed by atoms with E-state index in [1.807, 2.05) is 7.05 Å². The van der Waals surface area contributed by atoms with E-state index in [9.17, 15) is 9.90 Å². The third-order valence-corrected chi connectivity index (χ3v) is 3.61. The van der Waals surface area contributed by atoms with E-state index in [0.717, 1.165) is 19.5 Å². The van der Waals surface area contributed by atoms with Crippen LogP contribution in [0.25, 0.3) is 0 Å². The summed E-state index contributed by atoms with van der Waals surface area (Å²) in [6, 6.07) is 5.04. The minimum absolute atomic E-state index is 0.0844. The molecule has 4 nitrogen and oxygen atoms in total. The summed E-state index contributed by atoms with van der Waals surface area (Å²) in [5, 5.41) is 12.5. The predicted molar refractivity (Wildman–Crippen MR) is 69.2 cm³/mol. The standard InChI is InChI=1S/C12H15BrN2O2/c1-15-5-4-9(7-15)14-12(17)8-2-3-10(13)11(16)6-8/h2-3,6,9,16H,4-5,7H2,1H3,(H,14,17). The number of amides is 1. The number of benzene rings is 1. The molecule has 1 aliphatic heterocycles.